The normalized spacial score (nSPS) is 11.3. The minimum Gasteiger partial charge on any atom is -0.490 e. The number of nitrogens with zero attached hydrogens (tertiary/aromatic N) is 2. The van der Waals surface area contributed by atoms with Crippen molar-refractivity contribution in [2.45, 2.75) is 78.1 Å². The lowest BCUT2D eigenvalue weighted by atomic mass is 10.0. The van der Waals surface area contributed by atoms with Crippen LogP contribution in [0.5, 0.6) is 5.75 Å². The first-order valence-electron chi connectivity index (χ1n) is 12.1. The molecular weight excluding hydrogens is 384 g/mol. The Balaban J connectivity index is 1.66. The van der Waals surface area contributed by atoms with Gasteiger partial charge in [0.25, 0.3) is 0 Å². The summed E-state index contributed by atoms with van der Waals surface area (Å²) in [7, 11) is 0. The Morgan fingerprint density at radius 2 is 1.52 bits per heavy atom. The molecule has 0 spiro atoms. The van der Waals surface area contributed by atoms with Gasteiger partial charge in [-0.3, -0.25) is 0 Å². The van der Waals surface area contributed by atoms with Gasteiger partial charge in [0.05, 0.1) is 19.0 Å². The minimum absolute atomic E-state index is 0.659. The Hall–Kier alpha value is -2.20. The standard InChI is InChI=1S/C27H40N2O2/c1-3-5-6-7-8-9-13-21-31-26-22-28-27(29-23-26)25-17-15-24(16-18-25)14-11-10-12-20-30-19-4-2/h8-9,15-18,22-23H,3-7,10-14,19-21H2,1-2H3/b9-8-. The third kappa shape index (κ3) is 11.1. The van der Waals surface area contributed by atoms with Gasteiger partial charge in [0.15, 0.2) is 11.6 Å². The average Bonchev–Trinajstić information content (AvgIpc) is 2.81. The number of benzene rings is 1. The summed E-state index contributed by atoms with van der Waals surface area (Å²) in [5, 5.41) is 0. The summed E-state index contributed by atoms with van der Waals surface area (Å²) in [6.07, 6.45) is 19.7. The zero-order valence-electron chi connectivity index (χ0n) is 19.5. The molecule has 1 aromatic heterocycles. The highest BCUT2D eigenvalue weighted by molar-refractivity contribution is 5.55. The summed E-state index contributed by atoms with van der Waals surface area (Å²) in [6, 6.07) is 8.59. The molecule has 0 amide bonds. The highest BCUT2D eigenvalue weighted by Gasteiger charge is 2.03. The zero-order valence-corrected chi connectivity index (χ0v) is 19.5. The van der Waals surface area contributed by atoms with Crippen molar-refractivity contribution >= 4 is 0 Å². The van der Waals surface area contributed by atoms with E-state index in [0.717, 1.165) is 56.0 Å². The molecule has 4 nitrogen and oxygen atoms in total. The molecule has 0 fully saturated rings. The van der Waals surface area contributed by atoms with Gasteiger partial charge >= 0.3 is 0 Å². The molecule has 0 N–H and O–H groups in total. The molecular formula is C27H40N2O2. The van der Waals surface area contributed by atoms with Gasteiger partial charge < -0.3 is 9.47 Å². The van der Waals surface area contributed by atoms with Gasteiger partial charge in [0, 0.05) is 18.8 Å². The van der Waals surface area contributed by atoms with Gasteiger partial charge in [-0.15, -0.1) is 0 Å². The van der Waals surface area contributed by atoms with E-state index < -0.39 is 0 Å². The Morgan fingerprint density at radius 3 is 2.26 bits per heavy atom. The predicted molar refractivity (Wildman–Crippen MR) is 130 cm³/mol. The first kappa shape index (κ1) is 25.1. The molecule has 170 valence electrons. The molecule has 31 heavy (non-hydrogen) atoms. The number of aromatic nitrogens is 2. The van der Waals surface area contributed by atoms with Crippen LogP contribution in [0.1, 0.15) is 77.2 Å². The fraction of sp³-hybridized carbons (Fsp3) is 0.556. The Kier molecular flexibility index (Phi) is 13.3. The van der Waals surface area contributed by atoms with Crippen LogP contribution in [0.4, 0.5) is 0 Å². The number of aryl methyl sites for hydroxylation is 1. The van der Waals surface area contributed by atoms with Gasteiger partial charge in [-0.1, -0.05) is 69.5 Å². The molecule has 0 radical (unpaired) electrons. The van der Waals surface area contributed by atoms with Crippen LogP contribution in [0.2, 0.25) is 0 Å². The summed E-state index contributed by atoms with van der Waals surface area (Å²) in [6.45, 7) is 6.81. The SMILES string of the molecule is CCCCC/C=C\CCOc1cnc(-c2ccc(CCCCCOCCC)cc2)nc1. The largest absolute Gasteiger partial charge is 0.490 e. The van der Waals surface area contributed by atoms with E-state index >= 15 is 0 Å². The molecule has 0 unspecified atom stereocenters. The molecule has 1 heterocycles. The number of hydrogen-bond acceptors (Lipinski definition) is 4. The summed E-state index contributed by atoms with van der Waals surface area (Å²) >= 11 is 0. The van der Waals surface area contributed by atoms with Gasteiger partial charge in [-0.25, -0.2) is 9.97 Å². The molecule has 4 heteroatoms. The van der Waals surface area contributed by atoms with E-state index in [1.807, 2.05) is 0 Å². The molecule has 0 aliphatic rings. The van der Waals surface area contributed by atoms with E-state index in [1.54, 1.807) is 12.4 Å². The van der Waals surface area contributed by atoms with Gasteiger partial charge in [-0.05, 0) is 50.5 Å². The van der Waals surface area contributed by atoms with Crippen molar-refractivity contribution in [2.24, 2.45) is 0 Å². The van der Waals surface area contributed by atoms with Crippen molar-refractivity contribution in [1.29, 1.82) is 0 Å². The van der Waals surface area contributed by atoms with Crippen LogP contribution in [-0.2, 0) is 11.2 Å². The second-order valence-electron chi connectivity index (χ2n) is 7.97. The topological polar surface area (TPSA) is 44.2 Å². The summed E-state index contributed by atoms with van der Waals surface area (Å²) in [5.74, 6) is 1.46. The maximum Gasteiger partial charge on any atom is 0.159 e. The van der Waals surface area contributed by atoms with Crippen molar-refractivity contribution in [3.63, 3.8) is 0 Å². The number of hydrogen-bond donors (Lipinski definition) is 0. The van der Waals surface area contributed by atoms with E-state index in [0.29, 0.717) is 6.61 Å². The molecule has 0 bridgehead atoms. The van der Waals surface area contributed by atoms with Gasteiger partial charge in [0.2, 0.25) is 0 Å². The monoisotopic (exact) mass is 424 g/mol. The van der Waals surface area contributed by atoms with Crippen LogP contribution in [0, 0.1) is 0 Å². The Morgan fingerprint density at radius 1 is 0.742 bits per heavy atom. The van der Waals surface area contributed by atoms with Gasteiger partial charge in [-0.2, -0.15) is 0 Å². The molecule has 0 atom stereocenters. The van der Waals surface area contributed by atoms with Crippen molar-refractivity contribution < 1.29 is 9.47 Å². The Bertz CT molecular complexity index is 711. The number of unbranched alkanes of at least 4 members (excludes halogenated alkanes) is 5. The van der Waals surface area contributed by atoms with E-state index in [-0.39, 0.29) is 0 Å². The molecule has 0 aliphatic heterocycles. The number of allylic oxidation sites excluding steroid dienone is 1. The first-order valence-corrected chi connectivity index (χ1v) is 12.1. The van der Waals surface area contributed by atoms with Crippen LogP contribution < -0.4 is 4.74 Å². The van der Waals surface area contributed by atoms with E-state index in [4.69, 9.17) is 9.47 Å². The quantitative estimate of drug-likeness (QED) is 0.199. The van der Waals surface area contributed by atoms with Crippen LogP contribution in [-0.4, -0.2) is 29.8 Å². The third-order valence-electron chi connectivity index (χ3n) is 5.14. The molecule has 0 saturated heterocycles. The van der Waals surface area contributed by atoms with E-state index in [2.05, 4.69) is 60.2 Å². The highest BCUT2D eigenvalue weighted by Crippen LogP contribution is 2.18. The molecule has 2 aromatic rings. The lowest BCUT2D eigenvalue weighted by molar-refractivity contribution is 0.130. The smallest absolute Gasteiger partial charge is 0.159 e. The number of rotatable bonds is 17. The summed E-state index contributed by atoms with van der Waals surface area (Å²) in [4.78, 5) is 8.94. The second kappa shape index (κ2) is 16.5. The van der Waals surface area contributed by atoms with Crippen molar-refractivity contribution in [3.8, 4) is 17.1 Å². The van der Waals surface area contributed by atoms with Crippen molar-refractivity contribution in [2.75, 3.05) is 19.8 Å². The maximum absolute atomic E-state index is 5.74. The molecule has 0 aliphatic carbocycles. The predicted octanol–water partition coefficient (Wildman–Crippen LogP) is 7.19. The van der Waals surface area contributed by atoms with Crippen LogP contribution in [0.3, 0.4) is 0 Å². The Labute approximate surface area is 189 Å². The van der Waals surface area contributed by atoms with Crippen LogP contribution in [0.15, 0.2) is 48.8 Å². The van der Waals surface area contributed by atoms with Crippen molar-refractivity contribution in [1.82, 2.24) is 9.97 Å². The van der Waals surface area contributed by atoms with Crippen molar-refractivity contribution in [3.05, 3.63) is 54.4 Å². The number of ether oxygens (including phenoxy) is 2. The molecule has 2 rings (SSSR count). The molecule has 0 saturated carbocycles. The van der Waals surface area contributed by atoms with E-state index in [1.165, 1.54) is 44.1 Å². The summed E-state index contributed by atoms with van der Waals surface area (Å²) in [5.41, 5.74) is 2.40. The molecule has 1 aromatic carbocycles. The highest BCUT2D eigenvalue weighted by atomic mass is 16.5. The van der Waals surface area contributed by atoms with Crippen LogP contribution in [0.25, 0.3) is 11.4 Å². The fourth-order valence-electron chi connectivity index (χ4n) is 3.31. The average molecular weight is 425 g/mol. The third-order valence-corrected chi connectivity index (χ3v) is 5.14. The van der Waals surface area contributed by atoms with E-state index in [9.17, 15) is 0 Å². The summed E-state index contributed by atoms with van der Waals surface area (Å²) < 4.78 is 11.3. The van der Waals surface area contributed by atoms with Crippen LogP contribution >= 0.6 is 0 Å². The fourth-order valence-corrected chi connectivity index (χ4v) is 3.31. The lowest BCUT2D eigenvalue weighted by Gasteiger charge is -2.06. The van der Waals surface area contributed by atoms with Gasteiger partial charge in [0.1, 0.15) is 0 Å². The maximum atomic E-state index is 5.74. The minimum atomic E-state index is 0.659. The zero-order chi connectivity index (χ0) is 22.0. The lowest BCUT2D eigenvalue weighted by Crippen LogP contribution is -1.98. The second-order valence-corrected chi connectivity index (χ2v) is 7.97. The first-order chi connectivity index (χ1) is 15.3.